The SMILES string of the molecule is COc1cc(OC)c(C2C3=C(CCCC3=O)Nc3c2c(=O)n(C)c(=O)n3C)cc1OC. The number of carbonyl (C=O) groups excluding carboxylic acids is 1. The Bertz CT molecular complexity index is 1240. The lowest BCUT2D eigenvalue weighted by Crippen LogP contribution is -2.44. The molecule has 1 N–H and O–H groups in total. The van der Waals surface area contributed by atoms with E-state index in [4.69, 9.17) is 14.2 Å². The summed E-state index contributed by atoms with van der Waals surface area (Å²) >= 11 is 0. The summed E-state index contributed by atoms with van der Waals surface area (Å²) in [5.74, 6) is 1.02. The number of aromatic nitrogens is 2. The van der Waals surface area contributed by atoms with E-state index in [1.807, 2.05) is 0 Å². The summed E-state index contributed by atoms with van der Waals surface area (Å²) < 4.78 is 19.0. The number of Topliss-reactive ketones (excluding diaryl/α,β-unsaturated/α-hetero) is 1. The maximum Gasteiger partial charge on any atom is 0.332 e. The molecule has 1 atom stereocenters. The summed E-state index contributed by atoms with van der Waals surface area (Å²) in [7, 11) is 7.59. The van der Waals surface area contributed by atoms with Crippen molar-refractivity contribution in [3.05, 3.63) is 55.4 Å². The number of benzene rings is 1. The number of allylic oxidation sites excluding steroid dienone is 2. The van der Waals surface area contributed by atoms with Gasteiger partial charge in [-0.25, -0.2) is 4.79 Å². The number of ketones is 1. The van der Waals surface area contributed by atoms with Gasteiger partial charge in [0.05, 0.1) is 32.8 Å². The van der Waals surface area contributed by atoms with E-state index in [1.165, 1.54) is 32.9 Å². The molecule has 4 rings (SSSR count). The number of carbonyl (C=O) groups is 1. The molecule has 9 nitrogen and oxygen atoms in total. The van der Waals surface area contributed by atoms with E-state index >= 15 is 0 Å². The first-order valence-corrected chi connectivity index (χ1v) is 9.97. The summed E-state index contributed by atoms with van der Waals surface area (Å²) in [4.78, 5) is 39.0. The molecule has 0 bridgehead atoms. The third kappa shape index (κ3) is 3.03. The molecule has 1 unspecified atom stereocenters. The van der Waals surface area contributed by atoms with Crippen LogP contribution in [0.4, 0.5) is 5.82 Å². The lowest BCUT2D eigenvalue weighted by Gasteiger charge is -2.35. The molecular weight excluding hydrogens is 402 g/mol. The van der Waals surface area contributed by atoms with E-state index in [0.29, 0.717) is 59.0 Å². The second-order valence-electron chi connectivity index (χ2n) is 7.64. The summed E-state index contributed by atoms with van der Waals surface area (Å²) in [5.41, 5.74) is 1.28. The van der Waals surface area contributed by atoms with Crippen LogP contribution in [0.2, 0.25) is 0 Å². The monoisotopic (exact) mass is 427 g/mol. The summed E-state index contributed by atoms with van der Waals surface area (Å²) in [5, 5.41) is 3.21. The van der Waals surface area contributed by atoms with Crippen molar-refractivity contribution >= 4 is 11.6 Å². The molecule has 2 aliphatic rings. The van der Waals surface area contributed by atoms with Crippen LogP contribution in [0.15, 0.2) is 33.0 Å². The predicted molar refractivity (Wildman–Crippen MR) is 114 cm³/mol. The number of nitrogens with one attached hydrogen (secondary N) is 1. The maximum absolute atomic E-state index is 13.3. The third-order valence-electron chi connectivity index (χ3n) is 6.05. The molecule has 0 fully saturated rings. The number of anilines is 1. The molecule has 0 spiro atoms. The van der Waals surface area contributed by atoms with E-state index in [2.05, 4.69) is 5.32 Å². The molecule has 9 heteroatoms. The number of rotatable bonds is 4. The molecule has 0 radical (unpaired) electrons. The second-order valence-corrected chi connectivity index (χ2v) is 7.64. The quantitative estimate of drug-likeness (QED) is 0.792. The Balaban J connectivity index is 2.12. The lowest BCUT2D eigenvalue weighted by molar-refractivity contribution is -0.116. The molecule has 0 saturated heterocycles. The fourth-order valence-corrected chi connectivity index (χ4v) is 4.49. The van der Waals surface area contributed by atoms with Gasteiger partial charge in [0.25, 0.3) is 5.56 Å². The van der Waals surface area contributed by atoms with Crippen molar-refractivity contribution in [1.29, 1.82) is 0 Å². The van der Waals surface area contributed by atoms with Gasteiger partial charge in [0, 0.05) is 43.4 Å². The highest BCUT2D eigenvalue weighted by Gasteiger charge is 2.40. The minimum atomic E-state index is -0.709. The smallest absolute Gasteiger partial charge is 0.332 e. The van der Waals surface area contributed by atoms with Crippen molar-refractivity contribution in [2.24, 2.45) is 14.1 Å². The number of hydrogen-bond donors (Lipinski definition) is 1. The van der Waals surface area contributed by atoms with E-state index in [9.17, 15) is 14.4 Å². The minimum absolute atomic E-state index is 0.0304. The number of methoxy groups -OCH3 is 3. The molecule has 1 aliphatic heterocycles. The van der Waals surface area contributed by atoms with Crippen LogP contribution < -0.4 is 30.8 Å². The van der Waals surface area contributed by atoms with Crippen LogP contribution in [-0.4, -0.2) is 36.2 Å². The Morgan fingerprint density at radius 3 is 2.19 bits per heavy atom. The van der Waals surface area contributed by atoms with E-state index in [0.717, 1.165) is 10.3 Å². The Kier molecular flexibility index (Phi) is 5.12. The van der Waals surface area contributed by atoms with Gasteiger partial charge in [-0.15, -0.1) is 0 Å². The molecule has 1 aliphatic carbocycles. The second kappa shape index (κ2) is 7.64. The van der Waals surface area contributed by atoms with Crippen LogP contribution >= 0.6 is 0 Å². The van der Waals surface area contributed by atoms with Crippen molar-refractivity contribution < 1.29 is 19.0 Å². The molecule has 2 heterocycles. The highest BCUT2D eigenvalue weighted by molar-refractivity contribution is 6.01. The largest absolute Gasteiger partial charge is 0.496 e. The summed E-state index contributed by atoms with van der Waals surface area (Å²) in [6.07, 6.45) is 1.75. The van der Waals surface area contributed by atoms with E-state index in [1.54, 1.807) is 19.2 Å². The predicted octanol–water partition coefficient (Wildman–Crippen LogP) is 1.67. The van der Waals surface area contributed by atoms with E-state index in [-0.39, 0.29) is 5.78 Å². The zero-order chi connectivity index (χ0) is 22.4. The van der Waals surface area contributed by atoms with Crippen LogP contribution in [0, 0.1) is 0 Å². The Morgan fingerprint density at radius 1 is 0.903 bits per heavy atom. The molecule has 164 valence electrons. The van der Waals surface area contributed by atoms with Gasteiger partial charge in [-0.05, 0) is 18.9 Å². The van der Waals surface area contributed by atoms with Gasteiger partial charge in [0.15, 0.2) is 17.3 Å². The Morgan fingerprint density at radius 2 is 1.55 bits per heavy atom. The summed E-state index contributed by atoms with van der Waals surface area (Å²) in [6, 6.07) is 3.41. The Labute approximate surface area is 178 Å². The zero-order valence-corrected chi connectivity index (χ0v) is 18.2. The van der Waals surface area contributed by atoms with Crippen molar-refractivity contribution in [3.8, 4) is 17.2 Å². The first-order valence-electron chi connectivity index (χ1n) is 9.97. The van der Waals surface area contributed by atoms with Gasteiger partial charge in [-0.1, -0.05) is 0 Å². The number of fused-ring (bicyclic) bond motifs is 1. The minimum Gasteiger partial charge on any atom is -0.496 e. The number of nitrogens with zero attached hydrogens (tertiary/aromatic N) is 2. The molecule has 0 saturated carbocycles. The Hall–Kier alpha value is -3.49. The van der Waals surface area contributed by atoms with Gasteiger partial charge < -0.3 is 19.5 Å². The topological polar surface area (TPSA) is 101 Å². The molecule has 0 amide bonds. The van der Waals surface area contributed by atoms with Crippen LogP contribution in [0.3, 0.4) is 0 Å². The highest BCUT2D eigenvalue weighted by Crippen LogP contribution is 2.48. The van der Waals surface area contributed by atoms with Gasteiger partial charge in [-0.3, -0.25) is 18.7 Å². The fraction of sp³-hybridized carbons (Fsp3) is 0.409. The van der Waals surface area contributed by atoms with Gasteiger partial charge in [0.2, 0.25) is 0 Å². The van der Waals surface area contributed by atoms with Crippen LogP contribution in [-0.2, 0) is 18.9 Å². The lowest BCUT2D eigenvalue weighted by atomic mass is 9.76. The number of ether oxygens (including phenoxy) is 3. The van der Waals surface area contributed by atoms with Gasteiger partial charge >= 0.3 is 5.69 Å². The molecule has 1 aromatic carbocycles. The highest BCUT2D eigenvalue weighted by atomic mass is 16.5. The van der Waals surface area contributed by atoms with Gasteiger partial charge in [-0.2, -0.15) is 0 Å². The molecule has 2 aromatic rings. The van der Waals surface area contributed by atoms with Crippen molar-refractivity contribution in [3.63, 3.8) is 0 Å². The third-order valence-corrected chi connectivity index (χ3v) is 6.05. The van der Waals surface area contributed by atoms with Crippen LogP contribution in [0.25, 0.3) is 0 Å². The average molecular weight is 427 g/mol. The van der Waals surface area contributed by atoms with Crippen LogP contribution in [0.5, 0.6) is 17.2 Å². The number of hydrogen-bond acceptors (Lipinski definition) is 7. The van der Waals surface area contributed by atoms with Crippen LogP contribution in [0.1, 0.15) is 36.3 Å². The first kappa shape index (κ1) is 20.8. The zero-order valence-electron chi connectivity index (χ0n) is 18.2. The average Bonchev–Trinajstić information content (AvgIpc) is 2.79. The van der Waals surface area contributed by atoms with Gasteiger partial charge in [0.1, 0.15) is 11.6 Å². The standard InChI is InChI=1S/C22H25N3O6/c1-24-20-19(21(27)25(2)22(24)28)17(18-12(23-20)7-6-8-13(18)26)11-9-15(30-4)16(31-5)10-14(11)29-3/h9-10,17,23H,6-8H2,1-5H3. The molecule has 1 aromatic heterocycles. The van der Waals surface area contributed by atoms with E-state index < -0.39 is 17.2 Å². The molecule has 31 heavy (non-hydrogen) atoms. The van der Waals surface area contributed by atoms with Crippen molar-refractivity contribution in [2.75, 3.05) is 26.6 Å². The van der Waals surface area contributed by atoms with Crippen molar-refractivity contribution in [2.45, 2.75) is 25.2 Å². The normalized spacial score (nSPS) is 17.6. The summed E-state index contributed by atoms with van der Waals surface area (Å²) in [6.45, 7) is 0. The first-order chi connectivity index (χ1) is 14.8. The van der Waals surface area contributed by atoms with Crippen molar-refractivity contribution in [1.82, 2.24) is 9.13 Å². The maximum atomic E-state index is 13.3. The fourth-order valence-electron chi connectivity index (χ4n) is 4.49. The molecular formula is C22H25N3O6.